The van der Waals surface area contributed by atoms with E-state index >= 15 is 0 Å². The predicted molar refractivity (Wildman–Crippen MR) is 68.9 cm³/mol. The van der Waals surface area contributed by atoms with Crippen LogP contribution < -0.4 is 10.1 Å². The molecule has 4 heteroatoms. The van der Waals surface area contributed by atoms with E-state index in [-0.39, 0.29) is 11.7 Å². The Morgan fingerprint density at radius 1 is 1.39 bits per heavy atom. The Balaban J connectivity index is 2.39. The fourth-order valence-electron chi connectivity index (χ4n) is 1.64. The summed E-state index contributed by atoms with van der Waals surface area (Å²) in [4.78, 5) is 11.5. The number of hydrogen-bond donors (Lipinski definition) is 1. The highest BCUT2D eigenvalue weighted by Crippen LogP contribution is 2.17. The highest BCUT2D eigenvalue weighted by atomic mass is 19.1. The zero-order valence-electron chi connectivity index (χ0n) is 11.0. The molecule has 0 saturated carbocycles. The van der Waals surface area contributed by atoms with Crippen LogP contribution in [0.3, 0.4) is 0 Å². The van der Waals surface area contributed by atoms with Crippen molar-refractivity contribution in [3.05, 3.63) is 29.6 Å². The van der Waals surface area contributed by atoms with Gasteiger partial charge in [0.1, 0.15) is 0 Å². The van der Waals surface area contributed by atoms with Crippen molar-refractivity contribution in [3.8, 4) is 5.75 Å². The standard InChI is InChI=1S/C14H20FNO2/c1-3-4-5-6-14(17)16-10-11-7-8-13(18-2)12(15)9-11/h7-9H,3-6,10H2,1-2H3,(H,16,17). The van der Waals surface area contributed by atoms with Gasteiger partial charge in [-0.1, -0.05) is 25.8 Å². The molecule has 0 aliphatic rings. The van der Waals surface area contributed by atoms with Crippen LogP contribution in [0.2, 0.25) is 0 Å². The summed E-state index contributed by atoms with van der Waals surface area (Å²) < 4.78 is 18.2. The van der Waals surface area contributed by atoms with Crippen molar-refractivity contribution in [2.45, 2.75) is 39.2 Å². The minimum Gasteiger partial charge on any atom is -0.494 e. The molecule has 0 aromatic heterocycles. The number of rotatable bonds is 7. The molecule has 0 bridgehead atoms. The largest absolute Gasteiger partial charge is 0.494 e. The highest BCUT2D eigenvalue weighted by Gasteiger charge is 2.05. The van der Waals surface area contributed by atoms with Gasteiger partial charge in [-0.3, -0.25) is 4.79 Å². The zero-order valence-corrected chi connectivity index (χ0v) is 11.0. The number of nitrogens with one attached hydrogen (secondary N) is 1. The third kappa shape index (κ3) is 4.73. The second kappa shape index (κ2) is 7.69. The molecule has 0 spiro atoms. The molecule has 1 amide bonds. The second-order valence-corrected chi connectivity index (χ2v) is 4.20. The molecular weight excluding hydrogens is 233 g/mol. The minimum atomic E-state index is -0.407. The van der Waals surface area contributed by atoms with E-state index in [1.165, 1.54) is 13.2 Å². The second-order valence-electron chi connectivity index (χ2n) is 4.20. The molecule has 0 aliphatic carbocycles. The summed E-state index contributed by atoms with van der Waals surface area (Å²) in [5.74, 6) is -0.178. The first kappa shape index (κ1) is 14.5. The predicted octanol–water partition coefficient (Wildman–Crippen LogP) is 3.03. The monoisotopic (exact) mass is 253 g/mol. The van der Waals surface area contributed by atoms with Gasteiger partial charge in [-0.15, -0.1) is 0 Å². The van der Waals surface area contributed by atoms with Crippen LogP contribution in [0.1, 0.15) is 38.2 Å². The number of carbonyl (C=O) groups excluding carboxylic acids is 1. The summed E-state index contributed by atoms with van der Waals surface area (Å²) in [6.45, 7) is 2.45. The number of ether oxygens (including phenoxy) is 1. The lowest BCUT2D eigenvalue weighted by Gasteiger charge is -2.07. The van der Waals surface area contributed by atoms with Gasteiger partial charge in [-0.2, -0.15) is 0 Å². The Morgan fingerprint density at radius 2 is 2.17 bits per heavy atom. The minimum absolute atomic E-state index is 0.0136. The van der Waals surface area contributed by atoms with Crippen molar-refractivity contribution in [3.63, 3.8) is 0 Å². The highest BCUT2D eigenvalue weighted by molar-refractivity contribution is 5.75. The first-order valence-electron chi connectivity index (χ1n) is 6.26. The number of halogens is 1. The Kier molecular flexibility index (Phi) is 6.19. The van der Waals surface area contributed by atoms with Gasteiger partial charge in [0, 0.05) is 13.0 Å². The maximum absolute atomic E-state index is 13.4. The van der Waals surface area contributed by atoms with E-state index in [1.54, 1.807) is 12.1 Å². The quantitative estimate of drug-likeness (QED) is 0.758. The van der Waals surface area contributed by atoms with E-state index in [2.05, 4.69) is 12.2 Å². The molecule has 1 aromatic rings. The van der Waals surface area contributed by atoms with Crippen LogP contribution in [0.4, 0.5) is 4.39 Å². The summed E-state index contributed by atoms with van der Waals surface area (Å²) in [5, 5.41) is 2.78. The van der Waals surface area contributed by atoms with Crippen LogP contribution in [0.5, 0.6) is 5.75 Å². The van der Waals surface area contributed by atoms with E-state index in [0.717, 1.165) is 24.8 Å². The molecule has 0 fully saturated rings. The maximum atomic E-state index is 13.4. The third-order valence-corrected chi connectivity index (χ3v) is 2.71. The number of unbranched alkanes of at least 4 members (excludes halogenated alkanes) is 2. The van der Waals surface area contributed by atoms with Crippen molar-refractivity contribution in [1.82, 2.24) is 5.32 Å². The summed E-state index contributed by atoms with van der Waals surface area (Å²) in [6.07, 6.45) is 3.59. The fourth-order valence-corrected chi connectivity index (χ4v) is 1.64. The van der Waals surface area contributed by atoms with Gasteiger partial charge in [0.15, 0.2) is 11.6 Å². The SMILES string of the molecule is CCCCCC(=O)NCc1ccc(OC)c(F)c1. The van der Waals surface area contributed by atoms with Gasteiger partial charge in [0.2, 0.25) is 5.91 Å². The number of amides is 1. The van der Waals surface area contributed by atoms with Crippen LogP contribution in [0.15, 0.2) is 18.2 Å². The molecule has 0 heterocycles. The topological polar surface area (TPSA) is 38.3 Å². The third-order valence-electron chi connectivity index (χ3n) is 2.71. The number of carbonyl (C=O) groups is 1. The molecular formula is C14H20FNO2. The molecule has 1 aromatic carbocycles. The number of hydrogen-bond acceptors (Lipinski definition) is 2. The molecule has 0 unspecified atom stereocenters. The average Bonchev–Trinajstić information content (AvgIpc) is 2.37. The van der Waals surface area contributed by atoms with E-state index in [9.17, 15) is 9.18 Å². The van der Waals surface area contributed by atoms with Crippen LogP contribution in [0, 0.1) is 5.82 Å². The average molecular weight is 253 g/mol. The van der Waals surface area contributed by atoms with Crippen molar-refractivity contribution < 1.29 is 13.9 Å². The molecule has 1 N–H and O–H groups in total. The van der Waals surface area contributed by atoms with Crippen molar-refractivity contribution in [2.24, 2.45) is 0 Å². The fraction of sp³-hybridized carbons (Fsp3) is 0.500. The number of benzene rings is 1. The van der Waals surface area contributed by atoms with E-state index in [4.69, 9.17) is 4.74 Å². The summed E-state index contributed by atoms with van der Waals surface area (Å²) in [5.41, 5.74) is 0.733. The molecule has 0 aliphatic heterocycles. The van der Waals surface area contributed by atoms with Crippen LogP contribution in [0.25, 0.3) is 0 Å². The number of methoxy groups -OCH3 is 1. The van der Waals surface area contributed by atoms with Gasteiger partial charge in [-0.25, -0.2) is 4.39 Å². The molecule has 3 nitrogen and oxygen atoms in total. The maximum Gasteiger partial charge on any atom is 0.220 e. The summed E-state index contributed by atoms with van der Waals surface area (Å²) in [7, 11) is 1.42. The molecule has 0 saturated heterocycles. The van der Waals surface area contributed by atoms with Gasteiger partial charge >= 0.3 is 0 Å². The Morgan fingerprint density at radius 3 is 2.78 bits per heavy atom. The van der Waals surface area contributed by atoms with Crippen LogP contribution in [-0.4, -0.2) is 13.0 Å². The zero-order chi connectivity index (χ0) is 13.4. The Hall–Kier alpha value is -1.58. The van der Waals surface area contributed by atoms with Crippen LogP contribution in [-0.2, 0) is 11.3 Å². The van der Waals surface area contributed by atoms with Gasteiger partial charge in [0.05, 0.1) is 7.11 Å². The lowest BCUT2D eigenvalue weighted by Crippen LogP contribution is -2.22. The van der Waals surface area contributed by atoms with E-state index in [1.807, 2.05) is 0 Å². The van der Waals surface area contributed by atoms with Crippen molar-refractivity contribution in [1.29, 1.82) is 0 Å². The van der Waals surface area contributed by atoms with Crippen molar-refractivity contribution >= 4 is 5.91 Å². The molecule has 0 atom stereocenters. The summed E-state index contributed by atoms with van der Waals surface area (Å²) in [6, 6.07) is 4.69. The van der Waals surface area contributed by atoms with Gasteiger partial charge in [-0.05, 0) is 24.1 Å². The van der Waals surface area contributed by atoms with Gasteiger partial charge in [0.25, 0.3) is 0 Å². The normalized spacial score (nSPS) is 10.2. The molecule has 100 valence electrons. The first-order valence-corrected chi connectivity index (χ1v) is 6.26. The van der Waals surface area contributed by atoms with E-state index < -0.39 is 5.82 Å². The van der Waals surface area contributed by atoms with E-state index in [0.29, 0.717) is 13.0 Å². The smallest absolute Gasteiger partial charge is 0.220 e. The molecule has 18 heavy (non-hydrogen) atoms. The first-order chi connectivity index (χ1) is 8.67. The summed E-state index contributed by atoms with van der Waals surface area (Å²) >= 11 is 0. The van der Waals surface area contributed by atoms with Crippen LogP contribution >= 0.6 is 0 Å². The molecule has 0 radical (unpaired) electrons. The Bertz CT molecular complexity index is 393. The Labute approximate surface area is 107 Å². The van der Waals surface area contributed by atoms with Gasteiger partial charge < -0.3 is 10.1 Å². The molecule has 1 rings (SSSR count). The lowest BCUT2D eigenvalue weighted by atomic mass is 10.2. The lowest BCUT2D eigenvalue weighted by molar-refractivity contribution is -0.121. The van der Waals surface area contributed by atoms with Crippen molar-refractivity contribution in [2.75, 3.05) is 7.11 Å².